The van der Waals surface area contributed by atoms with Gasteiger partial charge in [-0.25, -0.2) is 9.97 Å². The van der Waals surface area contributed by atoms with Crippen molar-refractivity contribution in [3.8, 4) is 0 Å². The zero-order valence-corrected chi connectivity index (χ0v) is 65.9. The van der Waals surface area contributed by atoms with Gasteiger partial charge in [0, 0.05) is 62.0 Å². The molecule has 0 amide bonds. The molecule has 0 N–H and O–H groups in total. The minimum absolute atomic E-state index is 0.500. The Kier molecular flexibility index (Phi) is 145. The Labute approximate surface area is 535 Å². The summed E-state index contributed by atoms with van der Waals surface area (Å²) >= 11 is 0. The van der Waals surface area contributed by atoms with E-state index in [9.17, 15) is 0 Å². The molecule has 0 bridgehead atoms. The molecule has 1 aromatic carbocycles. The molecule has 7 heteroatoms. The van der Waals surface area contributed by atoms with Crippen molar-refractivity contribution in [1.29, 1.82) is 0 Å². The molecule has 0 saturated carbocycles. The monoisotopic (exact) mass is 1180 g/mol. The molecule has 504 valence electrons. The van der Waals surface area contributed by atoms with Gasteiger partial charge in [0.05, 0.1) is 0 Å². The molecule has 7 nitrogen and oxygen atoms in total. The molecule has 84 heavy (non-hydrogen) atoms. The maximum absolute atomic E-state index is 3.78. The van der Waals surface area contributed by atoms with Gasteiger partial charge < -0.3 is 0 Å². The number of pyridine rings is 1. The highest BCUT2D eigenvalue weighted by Crippen LogP contribution is 2.09. The average Bonchev–Trinajstić information content (AvgIpc) is 3.38. The van der Waals surface area contributed by atoms with Crippen LogP contribution < -0.4 is 0 Å². The Balaban J connectivity index is -0.0000000463. The van der Waals surface area contributed by atoms with E-state index in [1.807, 2.05) is 136 Å². The zero-order chi connectivity index (χ0) is 70.7. The van der Waals surface area contributed by atoms with Crippen LogP contribution in [0.5, 0.6) is 0 Å². The Hall–Kier alpha value is -4.39. The van der Waals surface area contributed by atoms with E-state index in [1.54, 1.807) is 68.0 Å². The molecule has 0 fully saturated rings. The second-order valence-electron chi connectivity index (χ2n) is 27.3. The van der Waals surface area contributed by atoms with Gasteiger partial charge in [-0.05, 0) is 87.5 Å². The molecule has 5 rings (SSSR count). The quantitative estimate of drug-likeness (QED) is 0.153. The Bertz CT molecular complexity index is 1070. The summed E-state index contributed by atoms with van der Waals surface area (Å²) in [4.78, 5) is 18.6. The van der Waals surface area contributed by atoms with Crippen LogP contribution in [-0.4, -0.2) is 35.1 Å². The van der Waals surface area contributed by atoms with Gasteiger partial charge in [0.15, 0.2) is 0 Å². The molecule has 0 saturated heterocycles. The van der Waals surface area contributed by atoms with Crippen LogP contribution in [0.1, 0.15) is 305 Å². The summed E-state index contributed by atoms with van der Waals surface area (Å²) < 4.78 is 0. The first-order chi connectivity index (χ1) is 38.4. The van der Waals surface area contributed by atoms with E-state index in [-0.39, 0.29) is 0 Å². The van der Waals surface area contributed by atoms with Crippen LogP contribution >= 0.6 is 0 Å². The lowest BCUT2D eigenvalue weighted by atomic mass is 10.0. The summed E-state index contributed by atoms with van der Waals surface area (Å²) in [6.07, 6.45) is 18.2. The van der Waals surface area contributed by atoms with Gasteiger partial charge in [-0.15, -0.1) is 0 Å². The zero-order valence-electron chi connectivity index (χ0n) is 65.9. The summed E-state index contributed by atoms with van der Waals surface area (Å²) in [6, 6.07) is 23.1. The van der Waals surface area contributed by atoms with Crippen LogP contribution in [0, 0.1) is 57.2 Å². The summed E-state index contributed by atoms with van der Waals surface area (Å²) in [6.45, 7) is 94.0. The molecule has 0 radical (unpaired) electrons. The first kappa shape index (κ1) is 118. The van der Waals surface area contributed by atoms with Crippen molar-refractivity contribution in [1.82, 2.24) is 35.1 Å². The number of hydrogen-bond acceptors (Lipinski definition) is 7. The fourth-order valence-corrected chi connectivity index (χ4v) is 1.46. The topological polar surface area (TPSA) is 90.2 Å². The number of nitrogens with zero attached hydrogens (tertiary/aromatic N) is 7. The second kappa shape index (κ2) is 104. The van der Waals surface area contributed by atoms with Crippen molar-refractivity contribution in [2.24, 2.45) is 57.2 Å². The minimum Gasteiger partial charge on any atom is -0.265 e. The maximum Gasteiger partial charge on any atom is 0.115 e. The third-order valence-electron chi connectivity index (χ3n) is 2.67. The molecule has 0 aliphatic heterocycles. The fourth-order valence-electron chi connectivity index (χ4n) is 1.46. The third kappa shape index (κ3) is 694. The molecule has 0 spiro atoms. The first-order valence-electron chi connectivity index (χ1n) is 32.4. The van der Waals surface area contributed by atoms with Crippen LogP contribution in [0.15, 0.2) is 141 Å². The van der Waals surface area contributed by atoms with Crippen LogP contribution in [0.25, 0.3) is 0 Å². The smallest absolute Gasteiger partial charge is 0.115 e. The van der Waals surface area contributed by atoms with E-state index in [2.05, 4.69) is 271 Å². The molecule has 4 heterocycles. The highest BCUT2D eigenvalue weighted by Gasteiger charge is 1.97. The van der Waals surface area contributed by atoms with Gasteiger partial charge in [-0.2, -0.15) is 10.2 Å². The van der Waals surface area contributed by atoms with Crippen molar-refractivity contribution < 1.29 is 0 Å². The van der Waals surface area contributed by atoms with Gasteiger partial charge in [0.25, 0.3) is 0 Å². The van der Waals surface area contributed by atoms with Crippen LogP contribution in [0.2, 0.25) is 0 Å². The number of hydrogen-bond donors (Lipinski definition) is 0. The largest absolute Gasteiger partial charge is 0.265 e. The van der Waals surface area contributed by atoms with Crippen molar-refractivity contribution in [3.05, 3.63) is 141 Å². The molecule has 5 aromatic rings. The lowest BCUT2D eigenvalue weighted by molar-refractivity contribution is 0.469. The molecular weight excluding hydrogens is 1020 g/mol. The Morgan fingerprint density at radius 1 is 0.179 bits per heavy atom. The lowest BCUT2D eigenvalue weighted by Gasteiger charge is -2.05. The maximum atomic E-state index is 3.78. The third-order valence-corrected chi connectivity index (χ3v) is 2.67. The molecule has 0 atom stereocenters. The molecule has 0 aliphatic carbocycles. The fraction of sp³-hybridized carbons (Fsp3) is 0.701. The van der Waals surface area contributed by atoms with Crippen molar-refractivity contribution in [2.75, 3.05) is 0 Å². The molecular formula is C77H161N7. The molecule has 4 aromatic heterocycles. The predicted octanol–water partition coefficient (Wildman–Crippen LogP) is 27.5. The first-order valence-corrected chi connectivity index (χ1v) is 32.4. The normalized spacial score (nSPS) is 8.64. The van der Waals surface area contributed by atoms with E-state index in [0.717, 1.165) is 35.5 Å². The van der Waals surface area contributed by atoms with Gasteiger partial charge in [0.1, 0.15) is 6.33 Å². The van der Waals surface area contributed by atoms with Gasteiger partial charge in [0.2, 0.25) is 0 Å². The summed E-state index contributed by atoms with van der Waals surface area (Å²) in [5.41, 5.74) is 2.00. The summed E-state index contributed by atoms with van der Waals surface area (Å²) in [5, 5.41) is 7.07. The molecule has 0 aliphatic rings. The van der Waals surface area contributed by atoms with Gasteiger partial charge >= 0.3 is 0 Å². The van der Waals surface area contributed by atoms with E-state index in [0.29, 0.717) is 21.7 Å². The highest BCUT2D eigenvalue weighted by molar-refractivity contribution is 4.99. The number of benzene rings is 1. The van der Waals surface area contributed by atoms with Crippen LogP contribution in [-0.2, 0) is 0 Å². The number of aromatic nitrogens is 7. The van der Waals surface area contributed by atoms with Crippen molar-refractivity contribution in [2.45, 2.75) is 305 Å². The number of rotatable bonds is 0. The van der Waals surface area contributed by atoms with E-state index >= 15 is 0 Å². The predicted molar refractivity (Wildman–Crippen MR) is 397 cm³/mol. The summed E-state index contributed by atoms with van der Waals surface area (Å²) in [5.74, 6) is 5.00. The van der Waals surface area contributed by atoms with Crippen molar-refractivity contribution >= 4 is 0 Å². The van der Waals surface area contributed by atoms with Crippen LogP contribution in [0.3, 0.4) is 0 Å². The Morgan fingerprint density at radius 2 is 0.298 bits per heavy atom. The average molecular weight is 1190 g/mol. The van der Waals surface area contributed by atoms with E-state index in [1.165, 1.54) is 6.33 Å². The SMILES string of the molecule is CC.CC.CC.CC.CC.CC(C)(C)C.CC(C)(C)C.CC(C)(C)C.CC(C)(C)C.CC(C)C.CC(C)C.CC(C)C.CC(C)C.CC(C)C.CC(C)C.c1ccccc1.c1ccncc1.c1ccnnc1.c1cnccn1.c1cncnc1. The van der Waals surface area contributed by atoms with Crippen LogP contribution in [0.4, 0.5) is 0 Å². The standard InChI is InChI=1S/C6H6.C5H5N.4C5H12.3C4H4N2.6C4H10.5C2H6/c2*1-2-4-6-5-3-1;4*1-5(2,3)4;1-2-6-4-3-5-1;1-2-5-4-6-3-1;1-2-4-6-5-3-1;6*1-4(2)3;5*1-2/h1-6H;1-5H;4*1-4H3;3*1-4H;6*4H,1-3H3;5*1-2H3. The van der Waals surface area contributed by atoms with Gasteiger partial charge in [-0.1, -0.05) is 347 Å². The molecule has 0 unspecified atom stereocenters. The highest BCUT2D eigenvalue weighted by atomic mass is 15.1. The van der Waals surface area contributed by atoms with E-state index in [4.69, 9.17) is 0 Å². The van der Waals surface area contributed by atoms with Gasteiger partial charge in [-0.3, -0.25) is 15.0 Å². The Morgan fingerprint density at radius 3 is 0.357 bits per heavy atom. The van der Waals surface area contributed by atoms with E-state index < -0.39 is 0 Å². The minimum atomic E-state index is 0.500. The van der Waals surface area contributed by atoms with Crippen molar-refractivity contribution in [3.63, 3.8) is 0 Å². The second-order valence-corrected chi connectivity index (χ2v) is 27.3. The summed E-state index contributed by atoms with van der Waals surface area (Å²) in [7, 11) is 0. The lowest BCUT2D eigenvalue weighted by Crippen LogP contribution is -1.93.